The molecule has 3 rings (SSSR count). The quantitative estimate of drug-likeness (QED) is 0.892. The first-order chi connectivity index (χ1) is 10.2. The van der Waals surface area contributed by atoms with Crippen LogP contribution in [0.3, 0.4) is 0 Å². The van der Waals surface area contributed by atoms with Crippen LogP contribution < -0.4 is 9.47 Å². The zero-order chi connectivity index (χ0) is 14.8. The summed E-state index contributed by atoms with van der Waals surface area (Å²) in [5.41, 5.74) is 1.89. The largest absolute Gasteiger partial charge is 0.494 e. The van der Waals surface area contributed by atoms with E-state index in [4.69, 9.17) is 9.47 Å². The van der Waals surface area contributed by atoms with Crippen LogP contribution in [0.4, 0.5) is 0 Å². The van der Waals surface area contributed by atoms with Crippen LogP contribution >= 0.6 is 15.9 Å². The molecule has 1 unspecified atom stereocenters. The van der Waals surface area contributed by atoms with Gasteiger partial charge in [0.1, 0.15) is 17.6 Å². The number of halogens is 1. The van der Waals surface area contributed by atoms with Gasteiger partial charge in [-0.3, -0.25) is 0 Å². The Hall–Kier alpha value is -1.52. The van der Waals surface area contributed by atoms with Crippen molar-refractivity contribution in [3.8, 4) is 11.5 Å². The van der Waals surface area contributed by atoms with Crippen molar-refractivity contribution in [3.63, 3.8) is 0 Å². The van der Waals surface area contributed by atoms with Crippen LogP contribution in [0.25, 0.3) is 0 Å². The van der Waals surface area contributed by atoms with Crippen LogP contribution in [0.2, 0.25) is 0 Å². The average Bonchev–Trinajstić information content (AvgIpc) is 2.48. The van der Waals surface area contributed by atoms with Crippen LogP contribution in [0.15, 0.2) is 46.9 Å². The van der Waals surface area contributed by atoms with E-state index in [-0.39, 0.29) is 6.10 Å². The topological polar surface area (TPSA) is 38.7 Å². The number of fused-ring (bicyclic) bond motifs is 1. The Morgan fingerprint density at radius 2 is 2.00 bits per heavy atom. The lowest BCUT2D eigenvalue weighted by Gasteiger charge is -2.30. The molecule has 21 heavy (non-hydrogen) atoms. The van der Waals surface area contributed by atoms with Crippen molar-refractivity contribution in [3.05, 3.63) is 58.1 Å². The lowest BCUT2D eigenvalue weighted by Crippen LogP contribution is -2.19. The highest BCUT2D eigenvalue weighted by Gasteiger charge is 2.28. The number of aliphatic hydroxyl groups excluding tert-OH is 1. The van der Waals surface area contributed by atoms with Gasteiger partial charge in [0.2, 0.25) is 0 Å². The number of rotatable bonds is 3. The number of benzene rings is 2. The minimum Gasteiger partial charge on any atom is -0.494 e. The molecule has 0 saturated heterocycles. The van der Waals surface area contributed by atoms with E-state index in [2.05, 4.69) is 15.9 Å². The maximum absolute atomic E-state index is 10.3. The molecule has 0 amide bonds. The summed E-state index contributed by atoms with van der Waals surface area (Å²) in [6, 6.07) is 13.6. The third kappa shape index (κ3) is 3.06. The molecule has 0 fully saturated rings. The normalized spacial score (nSPS) is 20.5. The van der Waals surface area contributed by atoms with Gasteiger partial charge in [-0.1, -0.05) is 34.1 Å². The lowest BCUT2D eigenvalue weighted by molar-refractivity contribution is 0.0656. The summed E-state index contributed by atoms with van der Waals surface area (Å²) in [5.74, 6) is 1.59. The van der Waals surface area contributed by atoms with Gasteiger partial charge in [-0.05, 0) is 36.8 Å². The second kappa shape index (κ2) is 6.08. The molecule has 2 aromatic carbocycles. The summed E-state index contributed by atoms with van der Waals surface area (Å²) in [4.78, 5) is 0. The Labute approximate surface area is 132 Å². The molecule has 1 aliphatic rings. The first kappa shape index (κ1) is 14.4. The van der Waals surface area contributed by atoms with E-state index < -0.39 is 6.10 Å². The van der Waals surface area contributed by atoms with Gasteiger partial charge in [0.15, 0.2) is 0 Å². The van der Waals surface area contributed by atoms with Gasteiger partial charge in [-0.15, -0.1) is 0 Å². The van der Waals surface area contributed by atoms with Gasteiger partial charge in [0, 0.05) is 16.5 Å². The second-order valence-electron chi connectivity index (χ2n) is 5.04. The third-order valence-electron chi connectivity index (χ3n) is 3.60. The monoisotopic (exact) mass is 348 g/mol. The maximum atomic E-state index is 10.3. The highest BCUT2D eigenvalue weighted by molar-refractivity contribution is 9.10. The van der Waals surface area contributed by atoms with Crippen LogP contribution in [0.1, 0.15) is 36.7 Å². The predicted octanol–water partition coefficient (Wildman–Crippen LogP) is 4.41. The second-order valence-corrected chi connectivity index (χ2v) is 5.96. The molecule has 3 nitrogen and oxygen atoms in total. The van der Waals surface area contributed by atoms with Crippen molar-refractivity contribution in [2.24, 2.45) is 0 Å². The Balaban J connectivity index is 1.84. The molecule has 1 aliphatic heterocycles. The van der Waals surface area contributed by atoms with E-state index in [9.17, 15) is 5.11 Å². The zero-order valence-corrected chi connectivity index (χ0v) is 13.3. The molecular weight excluding hydrogens is 332 g/mol. The molecule has 1 N–H and O–H groups in total. The summed E-state index contributed by atoms with van der Waals surface area (Å²) < 4.78 is 12.4. The molecule has 0 aromatic heterocycles. The number of hydrogen-bond acceptors (Lipinski definition) is 3. The van der Waals surface area contributed by atoms with E-state index in [1.807, 2.05) is 49.4 Å². The molecule has 0 aliphatic carbocycles. The van der Waals surface area contributed by atoms with E-state index in [1.165, 1.54) is 0 Å². The van der Waals surface area contributed by atoms with Gasteiger partial charge < -0.3 is 14.6 Å². The lowest BCUT2D eigenvalue weighted by atomic mass is 9.95. The third-order valence-corrected chi connectivity index (χ3v) is 4.10. The minimum atomic E-state index is -0.501. The Kier molecular flexibility index (Phi) is 4.17. The highest BCUT2D eigenvalue weighted by atomic mass is 79.9. The van der Waals surface area contributed by atoms with Crippen LogP contribution in [-0.4, -0.2) is 11.7 Å². The Morgan fingerprint density at radius 1 is 1.24 bits per heavy atom. The van der Waals surface area contributed by atoms with Crippen molar-refractivity contribution < 1.29 is 14.6 Å². The van der Waals surface area contributed by atoms with Gasteiger partial charge >= 0.3 is 0 Å². The van der Waals surface area contributed by atoms with Crippen molar-refractivity contribution >= 4 is 15.9 Å². The van der Waals surface area contributed by atoms with E-state index in [1.54, 1.807) is 0 Å². The highest BCUT2D eigenvalue weighted by Crippen LogP contribution is 2.41. The summed E-state index contributed by atoms with van der Waals surface area (Å²) >= 11 is 3.44. The van der Waals surface area contributed by atoms with E-state index in [0.29, 0.717) is 13.0 Å². The zero-order valence-electron chi connectivity index (χ0n) is 11.8. The first-order valence-corrected chi connectivity index (χ1v) is 7.83. The summed E-state index contributed by atoms with van der Waals surface area (Å²) in [6.07, 6.45) is -0.0845. The molecule has 4 heteroatoms. The fourth-order valence-electron chi connectivity index (χ4n) is 2.57. The maximum Gasteiger partial charge on any atom is 0.127 e. The van der Waals surface area contributed by atoms with Gasteiger partial charge in [0.25, 0.3) is 0 Å². The SMILES string of the molecule is CCOc1ccc(C2C[C@@H](O)c3ccc(Br)cc3O2)cc1. The first-order valence-electron chi connectivity index (χ1n) is 7.04. The molecule has 2 atom stereocenters. The van der Waals surface area contributed by atoms with Gasteiger partial charge in [0.05, 0.1) is 12.7 Å². The molecule has 2 aromatic rings. The molecule has 0 radical (unpaired) electrons. The summed E-state index contributed by atoms with van der Waals surface area (Å²) in [6.45, 7) is 2.61. The Bertz CT molecular complexity index is 624. The van der Waals surface area contributed by atoms with E-state index >= 15 is 0 Å². The van der Waals surface area contributed by atoms with Gasteiger partial charge in [-0.2, -0.15) is 0 Å². The number of hydrogen-bond donors (Lipinski definition) is 1. The Morgan fingerprint density at radius 3 is 2.71 bits per heavy atom. The van der Waals surface area contributed by atoms with Crippen LogP contribution in [0, 0.1) is 0 Å². The smallest absolute Gasteiger partial charge is 0.127 e. The van der Waals surface area contributed by atoms with E-state index in [0.717, 1.165) is 27.1 Å². The van der Waals surface area contributed by atoms with Crippen molar-refractivity contribution in [2.75, 3.05) is 6.61 Å². The molecule has 110 valence electrons. The van der Waals surface area contributed by atoms with Gasteiger partial charge in [-0.25, -0.2) is 0 Å². The number of aliphatic hydroxyl groups is 1. The fourth-order valence-corrected chi connectivity index (χ4v) is 2.91. The molecule has 0 saturated carbocycles. The number of ether oxygens (including phenoxy) is 2. The fraction of sp³-hybridized carbons (Fsp3) is 0.294. The average molecular weight is 349 g/mol. The van der Waals surface area contributed by atoms with Crippen LogP contribution in [-0.2, 0) is 0 Å². The molecule has 0 spiro atoms. The summed E-state index contributed by atoms with van der Waals surface area (Å²) in [7, 11) is 0. The standard InChI is InChI=1S/C17H17BrO3/c1-2-20-13-6-3-11(4-7-13)16-10-15(19)14-8-5-12(18)9-17(14)21-16/h3-9,15-16,19H,2,10H2,1H3/t15-,16?/m1/s1. The summed E-state index contributed by atoms with van der Waals surface area (Å²) in [5, 5.41) is 10.3. The van der Waals surface area contributed by atoms with Crippen LogP contribution in [0.5, 0.6) is 11.5 Å². The molecule has 1 heterocycles. The predicted molar refractivity (Wildman–Crippen MR) is 84.7 cm³/mol. The van der Waals surface area contributed by atoms with Crippen molar-refractivity contribution in [1.29, 1.82) is 0 Å². The molecular formula is C17H17BrO3. The van der Waals surface area contributed by atoms with Crippen molar-refractivity contribution in [1.82, 2.24) is 0 Å². The minimum absolute atomic E-state index is 0.141. The molecule has 0 bridgehead atoms. The van der Waals surface area contributed by atoms with Crippen molar-refractivity contribution in [2.45, 2.75) is 25.6 Å².